The fraction of sp³-hybridized carbons (Fsp3) is 0.0500. The maximum atomic E-state index is 12.4. The second-order valence-corrected chi connectivity index (χ2v) is 6.72. The average molecular weight is 399 g/mol. The van der Waals surface area contributed by atoms with E-state index < -0.39 is 5.56 Å². The highest BCUT2D eigenvalue weighted by atomic mass is 35.5. The molecule has 0 fully saturated rings. The number of H-pyrrole nitrogens is 1. The van der Waals surface area contributed by atoms with Gasteiger partial charge in [0.2, 0.25) is 5.88 Å². The number of aldehydes is 1. The number of aryl methyl sites for hydroxylation is 1. The van der Waals surface area contributed by atoms with E-state index in [9.17, 15) is 14.7 Å². The highest BCUT2D eigenvalue weighted by Crippen LogP contribution is 2.24. The highest BCUT2D eigenvalue weighted by molar-refractivity contribution is 7.71. The molecule has 0 bridgehead atoms. The van der Waals surface area contributed by atoms with Gasteiger partial charge in [0, 0.05) is 10.6 Å². The number of hydrogen-bond donors (Lipinski definition) is 2. The molecule has 0 aliphatic rings. The van der Waals surface area contributed by atoms with Gasteiger partial charge in [0.05, 0.1) is 5.69 Å². The number of hydrogen-bond acceptors (Lipinski definition) is 4. The van der Waals surface area contributed by atoms with Crippen molar-refractivity contribution in [2.45, 2.75) is 6.92 Å². The van der Waals surface area contributed by atoms with Crippen molar-refractivity contribution in [1.29, 1.82) is 0 Å². The first kappa shape index (κ1) is 18.8. The number of nitrogens with zero attached hydrogens (tertiary/aromatic N) is 1. The minimum Gasteiger partial charge on any atom is -0.494 e. The van der Waals surface area contributed by atoms with Gasteiger partial charge in [-0.3, -0.25) is 19.1 Å². The molecule has 2 aromatic carbocycles. The highest BCUT2D eigenvalue weighted by Gasteiger charge is 2.14. The summed E-state index contributed by atoms with van der Waals surface area (Å²) in [5.74, 6) is -0.363. The molecular weight excluding hydrogens is 384 g/mol. The molecular formula is C20H15ClN2O3S. The summed E-state index contributed by atoms with van der Waals surface area (Å²) in [5, 5.41) is 11.2. The number of rotatable bonds is 4. The van der Waals surface area contributed by atoms with Crippen molar-refractivity contribution >= 4 is 41.8 Å². The monoisotopic (exact) mass is 398 g/mol. The lowest BCUT2D eigenvalue weighted by atomic mass is 10.0. The smallest absolute Gasteiger partial charge is 0.262 e. The molecule has 27 heavy (non-hydrogen) atoms. The molecule has 0 radical (unpaired) electrons. The lowest BCUT2D eigenvalue weighted by molar-refractivity contribution is -0.103. The van der Waals surface area contributed by atoms with Gasteiger partial charge in [0.15, 0.2) is 11.1 Å². The normalized spacial score (nSPS) is 11.4. The molecule has 0 spiro atoms. The van der Waals surface area contributed by atoms with E-state index in [4.69, 9.17) is 23.8 Å². The number of allylic oxidation sites excluding steroid dienone is 1. The van der Waals surface area contributed by atoms with E-state index in [0.29, 0.717) is 22.6 Å². The first-order chi connectivity index (χ1) is 12.9. The zero-order valence-electron chi connectivity index (χ0n) is 14.3. The van der Waals surface area contributed by atoms with Crippen LogP contribution in [0.25, 0.3) is 17.3 Å². The van der Waals surface area contributed by atoms with Gasteiger partial charge in [-0.2, -0.15) is 0 Å². The zero-order chi connectivity index (χ0) is 19.6. The lowest BCUT2D eigenvalue weighted by Crippen LogP contribution is -2.16. The number of benzene rings is 2. The summed E-state index contributed by atoms with van der Waals surface area (Å²) in [4.78, 5) is 26.5. The van der Waals surface area contributed by atoms with Crippen molar-refractivity contribution in [2.75, 3.05) is 0 Å². The topological polar surface area (TPSA) is 75.1 Å². The fourth-order valence-electron chi connectivity index (χ4n) is 2.59. The van der Waals surface area contributed by atoms with Crippen LogP contribution in [0.5, 0.6) is 5.88 Å². The number of aromatic amines is 1. The van der Waals surface area contributed by atoms with Crippen LogP contribution in [0, 0.1) is 11.7 Å². The van der Waals surface area contributed by atoms with E-state index in [1.807, 2.05) is 19.1 Å². The Kier molecular flexibility index (Phi) is 5.39. The Morgan fingerprint density at radius 1 is 1.15 bits per heavy atom. The quantitative estimate of drug-likeness (QED) is 0.390. The molecule has 5 nitrogen and oxygen atoms in total. The van der Waals surface area contributed by atoms with Crippen LogP contribution in [-0.4, -0.2) is 20.9 Å². The minimum absolute atomic E-state index is 0.0277. The number of halogens is 1. The van der Waals surface area contributed by atoms with Gasteiger partial charge >= 0.3 is 0 Å². The van der Waals surface area contributed by atoms with Gasteiger partial charge in [0.1, 0.15) is 5.56 Å². The first-order valence-electron chi connectivity index (χ1n) is 7.99. The van der Waals surface area contributed by atoms with E-state index in [2.05, 4.69) is 4.98 Å². The predicted molar refractivity (Wildman–Crippen MR) is 109 cm³/mol. The fourth-order valence-corrected chi connectivity index (χ4v) is 3.00. The molecule has 0 aliphatic carbocycles. The minimum atomic E-state index is -0.589. The number of carbonyl (C=O) groups is 1. The maximum Gasteiger partial charge on any atom is 0.262 e. The Balaban J connectivity index is 2.21. The van der Waals surface area contributed by atoms with Gasteiger partial charge in [-0.15, -0.1) is 0 Å². The Labute approximate surface area is 165 Å². The third-order valence-electron chi connectivity index (χ3n) is 4.02. The van der Waals surface area contributed by atoms with Crippen molar-refractivity contribution in [3.8, 4) is 11.6 Å². The van der Waals surface area contributed by atoms with Gasteiger partial charge in [-0.05, 0) is 55.0 Å². The molecule has 0 amide bonds. The molecule has 136 valence electrons. The van der Waals surface area contributed by atoms with E-state index in [0.717, 1.165) is 5.56 Å². The SMILES string of the molecule is Cc1ccc(C(C=O)=Cc2c(O)n(-c3ccc(Cl)cc3)c(=S)[nH]c2=O)cc1. The third kappa shape index (κ3) is 3.92. The number of aromatic nitrogens is 2. The predicted octanol–water partition coefficient (Wildman–Crippen LogP) is 4.30. The molecule has 3 rings (SSSR count). The Bertz CT molecular complexity index is 1140. The summed E-state index contributed by atoms with van der Waals surface area (Å²) >= 11 is 11.1. The van der Waals surface area contributed by atoms with Crippen LogP contribution in [0.3, 0.4) is 0 Å². The molecule has 0 saturated carbocycles. The summed E-state index contributed by atoms with van der Waals surface area (Å²) in [6, 6.07) is 13.9. The molecule has 2 N–H and O–H groups in total. The van der Waals surface area contributed by atoms with Crippen LogP contribution in [-0.2, 0) is 4.79 Å². The number of aromatic hydroxyl groups is 1. The van der Waals surface area contributed by atoms with Crippen LogP contribution in [0.1, 0.15) is 16.7 Å². The summed E-state index contributed by atoms with van der Waals surface area (Å²) < 4.78 is 1.33. The molecule has 0 unspecified atom stereocenters. The summed E-state index contributed by atoms with van der Waals surface area (Å²) in [6.45, 7) is 1.93. The molecule has 0 saturated heterocycles. The van der Waals surface area contributed by atoms with E-state index in [1.165, 1.54) is 10.6 Å². The van der Waals surface area contributed by atoms with Crippen molar-refractivity contribution in [1.82, 2.24) is 9.55 Å². The van der Waals surface area contributed by atoms with Gasteiger partial charge < -0.3 is 5.11 Å². The molecule has 7 heteroatoms. The average Bonchev–Trinajstić information content (AvgIpc) is 2.64. The zero-order valence-corrected chi connectivity index (χ0v) is 15.8. The molecule has 1 aromatic heterocycles. The number of carbonyl (C=O) groups excluding carboxylic acids is 1. The van der Waals surface area contributed by atoms with Crippen molar-refractivity contribution < 1.29 is 9.90 Å². The standard InChI is InChI=1S/C20H15ClN2O3S/c1-12-2-4-13(5-3-12)14(11-24)10-17-18(25)22-20(27)23(19(17)26)16-8-6-15(21)7-9-16/h2-11,26H,1H3,(H,22,25,27). The summed E-state index contributed by atoms with van der Waals surface area (Å²) in [6.07, 6.45) is 1.98. The Hall–Kier alpha value is -2.96. The molecule has 0 aliphatic heterocycles. The summed E-state index contributed by atoms with van der Waals surface area (Å²) in [7, 11) is 0. The molecule has 0 atom stereocenters. The molecule has 3 aromatic rings. The van der Waals surface area contributed by atoms with E-state index in [1.54, 1.807) is 36.4 Å². The Morgan fingerprint density at radius 3 is 2.37 bits per heavy atom. The van der Waals surface area contributed by atoms with Crippen molar-refractivity contribution in [3.05, 3.63) is 85.4 Å². The Morgan fingerprint density at radius 2 is 1.78 bits per heavy atom. The lowest BCUT2D eigenvalue weighted by Gasteiger charge is -2.12. The third-order valence-corrected chi connectivity index (χ3v) is 4.55. The maximum absolute atomic E-state index is 12.4. The van der Waals surface area contributed by atoms with Crippen molar-refractivity contribution in [3.63, 3.8) is 0 Å². The molecule has 1 heterocycles. The van der Waals surface area contributed by atoms with E-state index in [-0.39, 0.29) is 21.8 Å². The second-order valence-electron chi connectivity index (χ2n) is 5.89. The van der Waals surface area contributed by atoms with Gasteiger partial charge in [0.25, 0.3) is 5.56 Å². The first-order valence-corrected chi connectivity index (χ1v) is 8.77. The van der Waals surface area contributed by atoms with Gasteiger partial charge in [-0.25, -0.2) is 0 Å². The largest absolute Gasteiger partial charge is 0.494 e. The number of nitrogens with one attached hydrogen (secondary N) is 1. The van der Waals surface area contributed by atoms with Crippen LogP contribution in [0.2, 0.25) is 5.02 Å². The van der Waals surface area contributed by atoms with Crippen LogP contribution in [0.4, 0.5) is 0 Å². The van der Waals surface area contributed by atoms with Crippen LogP contribution in [0.15, 0.2) is 53.3 Å². The van der Waals surface area contributed by atoms with Crippen LogP contribution >= 0.6 is 23.8 Å². The van der Waals surface area contributed by atoms with Crippen molar-refractivity contribution in [2.24, 2.45) is 0 Å². The van der Waals surface area contributed by atoms with E-state index >= 15 is 0 Å². The van der Waals surface area contributed by atoms with Gasteiger partial charge in [-0.1, -0.05) is 41.4 Å². The second kappa shape index (κ2) is 7.73. The summed E-state index contributed by atoms with van der Waals surface area (Å²) in [5.41, 5.74) is 1.80. The van der Waals surface area contributed by atoms with Crippen LogP contribution < -0.4 is 5.56 Å².